The van der Waals surface area contributed by atoms with Crippen LogP contribution in [0.4, 0.5) is 0 Å². The van der Waals surface area contributed by atoms with E-state index in [0.29, 0.717) is 0 Å². The Balaban J connectivity index is 2.00. The van der Waals surface area contributed by atoms with Crippen molar-refractivity contribution in [2.75, 3.05) is 6.61 Å². The van der Waals surface area contributed by atoms with E-state index in [-0.39, 0.29) is 23.6 Å². The molecule has 2 aliphatic heterocycles. The van der Waals surface area contributed by atoms with E-state index in [1.165, 1.54) is 29.7 Å². The van der Waals surface area contributed by atoms with Crippen LogP contribution in [-0.4, -0.2) is 40.8 Å². The number of carbonyl (C=O) groups excluding carboxylic acids is 3. The molecule has 0 aromatic rings. The average Bonchev–Trinajstić information content (AvgIpc) is 2.74. The van der Waals surface area contributed by atoms with E-state index in [0.717, 1.165) is 0 Å². The van der Waals surface area contributed by atoms with Gasteiger partial charge in [0.2, 0.25) is 5.91 Å². The fourth-order valence-corrected chi connectivity index (χ4v) is 3.53. The van der Waals surface area contributed by atoms with Gasteiger partial charge in [-0.25, -0.2) is 4.79 Å². The van der Waals surface area contributed by atoms with Crippen molar-refractivity contribution in [1.82, 2.24) is 4.90 Å². The van der Waals surface area contributed by atoms with Crippen LogP contribution in [0.15, 0.2) is 23.8 Å². The van der Waals surface area contributed by atoms with Gasteiger partial charge >= 0.3 is 11.9 Å². The molecule has 6 nitrogen and oxygen atoms in total. The minimum atomic E-state index is -0.549. The molecule has 0 aromatic heterocycles. The van der Waals surface area contributed by atoms with Crippen LogP contribution in [0.25, 0.3) is 0 Å². The third-order valence-electron chi connectivity index (χ3n) is 3.06. The molecule has 0 N–H and O–H groups in total. The van der Waals surface area contributed by atoms with Crippen molar-refractivity contribution in [3.8, 4) is 0 Å². The van der Waals surface area contributed by atoms with Crippen LogP contribution >= 0.6 is 11.8 Å². The molecule has 20 heavy (non-hydrogen) atoms. The summed E-state index contributed by atoms with van der Waals surface area (Å²) in [5.41, 5.74) is 0.234. The van der Waals surface area contributed by atoms with E-state index in [1.807, 2.05) is 0 Å². The van der Waals surface area contributed by atoms with Crippen molar-refractivity contribution >= 4 is 29.6 Å². The van der Waals surface area contributed by atoms with Crippen LogP contribution < -0.4 is 0 Å². The van der Waals surface area contributed by atoms with Crippen molar-refractivity contribution < 1.29 is 23.9 Å². The standard InChI is InChI=1S/C13H15NO5S/c1-4-5-18-13(17)9-6-20-12-10(11(16)14(9)12)7(2)19-8(3)15/h4,6-7,10,12H,1,5H2,2-3H3/t7-,10-,12+/m0/s1. The highest BCUT2D eigenvalue weighted by molar-refractivity contribution is 8.03. The maximum Gasteiger partial charge on any atom is 0.355 e. The summed E-state index contributed by atoms with van der Waals surface area (Å²) in [5, 5.41) is 1.40. The first kappa shape index (κ1) is 14.6. The molecule has 2 aliphatic rings. The zero-order valence-electron chi connectivity index (χ0n) is 11.2. The minimum Gasteiger partial charge on any atom is -0.462 e. The number of rotatable bonds is 5. The Bertz CT molecular complexity index is 501. The van der Waals surface area contributed by atoms with Gasteiger partial charge in [-0.3, -0.25) is 14.5 Å². The quantitative estimate of drug-likeness (QED) is 0.429. The molecule has 2 heterocycles. The van der Waals surface area contributed by atoms with Gasteiger partial charge in [0.05, 0.1) is 0 Å². The first-order valence-electron chi connectivity index (χ1n) is 6.11. The highest BCUT2D eigenvalue weighted by Crippen LogP contribution is 2.46. The fourth-order valence-electron chi connectivity index (χ4n) is 2.20. The molecule has 7 heteroatoms. The third-order valence-corrected chi connectivity index (χ3v) is 4.20. The lowest BCUT2D eigenvalue weighted by atomic mass is 9.92. The number of thioether (sulfide) groups is 1. The molecule has 2 rings (SSSR count). The lowest BCUT2D eigenvalue weighted by molar-refractivity contribution is -0.165. The molecule has 108 valence electrons. The summed E-state index contributed by atoms with van der Waals surface area (Å²) in [6.07, 6.45) is 0.951. The third kappa shape index (κ3) is 2.45. The summed E-state index contributed by atoms with van der Waals surface area (Å²) in [6, 6.07) is 0. The molecule has 0 bridgehead atoms. The second-order valence-corrected chi connectivity index (χ2v) is 5.46. The summed E-state index contributed by atoms with van der Waals surface area (Å²) in [5.74, 6) is -1.63. The maximum atomic E-state index is 12.1. The SMILES string of the molecule is C=CCOC(=O)C1=CS[C@@H]2[C@@H]([C@H](C)OC(C)=O)C(=O)N12. The van der Waals surface area contributed by atoms with Crippen LogP contribution in [0.5, 0.6) is 0 Å². The number of ether oxygens (including phenoxy) is 2. The zero-order chi connectivity index (χ0) is 14.9. The van der Waals surface area contributed by atoms with Gasteiger partial charge in [0.25, 0.3) is 0 Å². The predicted molar refractivity (Wildman–Crippen MR) is 72.2 cm³/mol. The van der Waals surface area contributed by atoms with Crippen molar-refractivity contribution in [3.05, 3.63) is 23.8 Å². The first-order valence-corrected chi connectivity index (χ1v) is 7.05. The van der Waals surface area contributed by atoms with Gasteiger partial charge in [-0.2, -0.15) is 0 Å². The second kappa shape index (κ2) is 5.70. The van der Waals surface area contributed by atoms with E-state index in [4.69, 9.17) is 9.47 Å². The first-order chi connectivity index (χ1) is 9.47. The highest BCUT2D eigenvalue weighted by Gasteiger charge is 2.56. The van der Waals surface area contributed by atoms with E-state index >= 15 is 0 Å². The molecule has 0 aliphatic carbocycles. The van der Waals surface area contributed by atoms with Crippen molar-refractivity contribution in [2.45, 2.75) is 25.3 Å². The summed E-state index contributed by atoms with van der Waals surface area (Å²) >= 11 is 1.35. The Hall–Kier alpha value is -1.76. The number of β-lactam (4-membered cyclic amide) rings is 1. The normalized spacial score (nSPS) is 25.2. The van der Waals surface area contributed by atoms with Crippen molar-refractivity contribution in [3.63, 3.8) is 0 Å². The summed E-state index contributed by atoms with van der Waals surface area (Å²) in [6.45, 7) is 6.53. The second-order valence-electron chi connectivity index (χ2n) is 4.47. The molecule has 0 aromatic carbocycles. The van der Waals surface area contributed by atoms with Crippen LogP contribution in [0.2, 0.25) is 0 Å². The lowest BCUT2D eigenvalue weighted by Crippen LogP contribution is -2.61. The number of hydrogen-bond donors (Lipinski definition) is 0. The molecule has 1 amide bonds. The van der Waals surface area contributed by atoms with Gasteiger partial charge in [0.15, 0.2) is 0 Å². The summed E-state index contributed by atoms with van der Waals surface area (Å²) in [4.78, 5) is 36.2. The Labute approximate surface area is 120 Å². The van der Waals surface area contributed by atoms with Gasteiger partial charge in [0, 0.05) is 12.3 Å². The Morgan fingerprint density at radius 1 is 1.60 bits per heavy atom. The summed E-state index contributed by atoms with van der Waals surface area (Å²) < 4.78 is 9.96. The predicted octanol–water partition coefficient (Wildman–Crippen LogP) is 1.04. The van der Waals surface area contributed by atoms with Crippen molar-refractivity contribution in [1.29, 1.82) is 0 Å². The van der Waals surface area contributed by atoms with Gasteiger partial charge in [0.1, 0.15) is 29.7 Å². The molecule has 1 saturated heterocycles. The molecular formula is C13H15NO5S. The van der Waals surface area contributed by atoms with Crippen LogP contribution in [-0.2, 0) is 23.9 Å². The van der Waals surface area contributed by atoms with E-state index < -0.39 is 24.0 Å². The number of hydrogen-bond acceptors (Lipinski definition) is 6. The molecule has 3 atom stereocenters. The molecule has 0 radical (unpaired) electrons. The average molecular weight is 297 g/mol. The Morgan fingerprint density at radius 2 is 2.30 bits per heavy atom. The minimum absolute atomic E-state index is 0.0980. The molecule has 0 saturated carbocycles. The Kier molecular flexibility index (Phi) is 4.17. The zero-order valence-corrected chi connectivity index (χ0v) is 12.0. The number of carbonyl (C=O) groups is 3. The topological polar surface area (TPSA) is 72.9 Å². The summed E-state index contributed by atoms with van der Waals surface area (Å²) in [7, 11) is 0. The van der Waals surface area contributed by atoms with E-state index in [2.05, 4.69) is 6.58 Å². The molecule has 0 spiro atoms. The van der Waals surface area contributed by atoms with E-state index in [9.17, 15) is 14.4 Å². The number of esters is 2. The monoisotopic (exact) mass is 297 g/mol. The number of nitrogens with zero attached hydrogens (tertiary/aromatic N) is 1. The van der Waals surface area contributed by atoms with Gasteiger partial charge < -0.3 is 9.47 Å². The largest absolute Gasteiger partial charge is 0.462 e. The van der Waals surface area contributed by atoms with Crippen LogP contribution in [0, 0.1) is 5.92 Å². The van der Waals surface area contributed by atoms with E-state index in [1.54, 1.807) is 12.3 Å². The Morgan fingerprint density at radius 3 is 2.90 bits per heavy atom. The fraction of sp³-hybridized carbons (Fsp3) is 0.462. The maximum absolute atomic E-state index is 12.1. The molecular weight excluding hydrogens is 282 g/mol. The van der Waals surface area contributed by atoms with Crippen LogP contribution in [0.3, 0.4) is 0 Å². The highest BCUT2D eigenvalue weighted by atomic mass is 32.2. The number of amides is 1. The number of fused-ring (bicyclic) bond motifs is 1. The van der Waals surface area contributed by atoms with Crippen molar-refractivity contribution in [2.24, 2.45) is 5.92 Å². The molecule has 0 unspecified atom stereocenters. The lowest BCUT2D eigenvalue weighted by Gasteiger charge is -2.44. The van der Waals surface area contributed by atoms with Crippen LogP contribution in [0.1, 0.15) is 13.8 Å². The van der Waals surface area contributed by atoms with Gasteiger partial charge in [-0.1, -0.05) is 12.7 Å². The van der Waals surface area contributed by atoms with Gasteiger partial charge in [-0.15, -0.1) is 11.8 Å². The van der Waals surface area contributed by atoms with Gasteiger partial charge in [-0.05, 0) is 6.92 Å². The smallest absolute Gasteiger partial charge is 0.355 e. The molecule has 1 fully saturated rings.